The number of piperidine rings is 2. The van der Waals surface area contributed by atoms with Crippen LogP contribution in [0, 0.1) is 11.6 Å². The average molecular weight is 453 g/mol. The molecule has 1 atom stereocenters. The van der Waals surface area contributed by atoms with Gasteiger partial charge in [0.25, 0.3) is 5.91 Å². The molecule has 3 amide bonds. The van der Waals surface area contributed by atoms with E-state index >= 15 is 0 Å². The van der Waals surface area contributed by atoms with Crippen molar-refractivity contribution in [3.8, 4) is 0 Å². The van der Waals surface area contributed by atoms with Gasteiger partial charge in [-0.2, -0.15) is 0 Å². The van der Waals surface area contributed by atoms with Crippen molar-refractivity contribution in [1.82, 2.24) is 15.1 Å². The molecule has 0 saturated carbocycles. The highest BCUT2D eigenvalue weighted by molar-refractivity contribution is 6.05. The lowest BCUT2D eigenvalue weighted by Crippen LogP contribution is -2.52. The largest absolute Gasteiger partial charge is 0.322 e. The summed E-state index contributed by atoms with van der Waals surface area (Å²) in [4.78, 5) is 40.3. The molecule has 5 rings (SSSR count). The van der Waals surface area contributed by atoms with E-state index < -0.39 is 23.6 Å². The lowest BCUT2D eigenvalue weighted by Gasteiger charge is -2.32. The lowest BCUT2D eigenvalue weighted by molar-refractivity contribution is -0.136. The Morgan fingerprint density at radius 1 is 1.00 bits per heavy atom. The Kier molecular flexibility index (Phi) is 5.70. The molecular formula is C25H25F2N3O3. The van der Waals surface area contributed by atoms with Crippen LogP contribution in [-0.4, -0.2) is 46.7 Å². The summed E-state index contributed by atoms with van der Waals surface area (Å²) in [6, 6.07) is 9.52. The van der Waals surface area contributed by atoms with Crippen LogP contribution < -0.4 is 5.32 Å². The van der Waals surface area contributed by atoms with E-state index in [1.165, 1.54) is 0 Å². The van der Waals surface area contributed by atoms with Crippen molar-refractivity contribution in [2.75, 3.05) is 13.1 Å². The fraction of sp³-hybridized carbons (Fsp3) is 0.400. The molecule has 33 heavy (non-hydrogen) atoms. The summed E-state index contributed by atoms with van der Waals surface area (Å²) >= 11 is 0. The molecule has 0 bridgehead atoms. The Hall–Kier alpha value is -3.13. The zero-order valence-corrected chi connectivity index (χ0v) is 18.2. The Morgan fingerprint density at radius 2 is 1.79 bits per heavy atom. The third-order valence-electron chi connectivity index (χ3n) is 7.00. The molecule has 3 aliphatic heterocycles. The molecule has 172 valence electrons. The maximum absolute atomic E-state index is 14.1. The van der Waals surface area contributed by atoms with Crippen molar-refractivity contribution >= 4 is 17.7 Å². The second-order valence-corrected chi connectivity index (χ2v) is 9.08. The van der Waals surface area contributed by atoms with Crippen molar-refractivity contribution in [3.05, 3.63) is 70.3 Å². The van der Waals surface area contributed by atoms with E-state index in [1.54, 1.807) is 17.0 Å². The topological polar surface area (TPSA) is 69.7 Å². The molecule has 0 spiro atoms. The molecular weight excluding hydrogens is 428 g/mol. The number of carbonyl (C=O) groups excluding carboxylic acids is 3. The number of nitrogens with zero attached hydrogens (tertiary/aromatic N) is 2. The summed E-state index contributed by atoms with van der Waals surface area (Å²) in [7, 11) is 0. The van der Waals surface area contributed by atoms with E-state index in [0.29, 0.717) is 30.6 Å². The number of carbonyl (C=O) groups is 3. The summed E-state index contributed by atoms with van der Waals surface area (Å²) in [5.41, 5.74) is 3.02. The highest BCUT2D eigenvalue weighted by atomic mass is 19.2. The molecule has 0 aromatic heterocycles. The number of nitrogens with one attached hydrogen (secondary N) is 1. The van der Waals surface area contributed by atoms with Crippen LogP contribution in [0.15, 0.2) is 36.4 Å². The summed E-state index contributed by atoms with van der Waals surface area (Å²) in [5.74, 6) is -2.41. The van der Waals surface area contributed by atoms with Gasteiger partial charge in [0.2, 0.25) is 11.8 Å². The standard InChI is InChI=1S/C25H25F2N3O3/c26-20-3-1-2-18(23(20)27)16-8-10-29(11-9-16)13-15-4-5-19-17(12-15)14-30(25(19)33)21-6-7-22(31)28-24(21)32/h1-5,12,16,21H,6-11,13-14H2,(H,28,31,32). The van der Waals surface area contributed by atoms with Gasteiger partial charge in [0.15, 0.2) is 11.6 Å². The van der Waals surface area contributed by atoms with Gasteiger partial charge in [-0.3, -0.25) is 24.6 Å². The number of halogens is 2. The zero-order valence-electron chi connectivity index (χ0n) is 18.2. The zero-order chi connectivity index (χ0) is 23.1. The number of hydrogen-bond donors (Lipinski definition) is 1. The van der Waals surface area contributed by atoms with Crippen molar-refractivity contribution in [1.29, 1.82) is 0 Å². The van der Waals surface area contributed by atoms with Crippen LogP contribution in [0.25, 0.3) is 0 Å². The minimum atomic E-state index is -0.797. The Morgan fingerprint density at radius 3 is 2.55 bits per heavy atom. The van der Waals surface area contributed by atoms with Gasteiger partial charge in [0.05, 0.1) is 0 Å². The third-order valence-corrected chi connectivity index (χ3v) is 7.00. The van der Waals surface area contributed by atoms with E-state index in [1.807, 2.05) is 18.2 Å². The fourth-order valence-corrected chi connectivity index (χ4v) is 5.22. The molecule has 6 nitrogen and oxygen atoms in total. The number of hydrogen-bond acceptors (Lipinski definition) is 4. The van der Waals surface area contributed by atoms with Gasteiger partial charge in [0, 0.05) is 25.1 Å². The van der Waals surface area contributed by atoms with Gasteiger partial charge >= 0.3 is 0 Å². The van der Waals surface area contributed by atoms with Crippen LogP contribution in [-0.2, 0) is 22.7 Å². The molecule has 3 aliphatic rings. The number of benzene rings is 2. The van der Waals surface area contributed by atoms with E-state index in [-0.39, 0.29) is 24.2 Å². The molecule has 1 N–H and O–H groups in total. The van der Waals surface area contributed by atoms with Crippen molar-refractivity contribution in [2.45, 2.75) is 50.7 Å². The highest BCUT2D eigenvalue weighted by Crippen LogP contribution is 2.32. The first-order chi connectivity index (χ1) is 15.9. The number of amides is 3. The van der Waals surface area contributed by atoms with Crippen molar-refractivity contribution in [2.24, 2.45) is 0 Å². The SMILES string of the molecule is O=C1CCC(N2Cc3cc(CN4CCC(c5cccc(F)c5F)CC4)ccc3C2=O)C(=O)N1. The number of rotatable bonds is 4. The normalized spacial score (nSPS) is 21.9. The van der Waals surface area contributed by atoms with Gasteiger partial charge in [-0.05, 0) is 67.1 Å². The number of imide groups is 1. The van der Waals surface area contributed by atoms with Crippen LogP contribution in [0.2, 0.25) is 0 Å². The molecule has 2 aromatic rings. The lowest BCUT2D eigenvalue weighted by atomic mass is 9.89. The van der Waals surface area contributed by atoms with Crippen LogP contribution in [0.3, 0.4) is 0 Å². The first-order valence-electron chi connectivity index (χ1n) is 11.3. The smallest absolute Gasteiger partial charge is 0.255 e. The van der Waals surface area contributed by atoms with Crippen LogP contribution in [0.1, 0.15) is 58.6 Å². The predicted molar refractivity (Wildman–Crippen MR) is 116 cm³/mol. The van der Waals surface area contributed by atoms with E-state index in [0.717, 1.165) is 43.1 Å². The third kappa shape index (κ3) is 4.15. The Labute approximate surface area is 190 Å². The molecule has 8 heteroatoms. The van der Waals surface area contributed by atoms with E-state index in [9.17, 15) is 23.2 Å². The number of fused-ring (bicyclic) bond motifs is 1. The monoisotopic (exact) mass is 453 g/mol. The first kappa shape index (κ1) is 21.7. The predicted octanol–water partition coefficient (Wildman–Crippen LogP) is 3.11. The molecule has 0 aliphatic carbocycles. The number of likely N-dealkylation sites (tertiary alicyclic amines) is 1. The van der Waals surface area contributed by atoms with Crippen LogP contribution in [0.4, 0.5) is 8.78 Å². The minimum Gasteiger partial charge on any atom is -0.322 e. The maximum atomic E-state index is 14.1. The molecule has 3 heterocycles. The Balaban J connectivity index is 1.22. The van der Waals surface area contributed by atoms with Gasteiger partial charge in [-0.1, -0.05) is 24.3 Å². The van der Waals surface area contributed by atoms with Gasteiger partial charge < -0.3 is 4.90 Å². The van der Waals surface area contributed by atoms with E-state index in [4.69, 9.17) is 0 Å². The molecule has 0 radical (unpaired) electrons. The summed E-state index contributed by atoms with van der Waals surface area (Å²) in [6.45, 7) is 2.62. The van der Waals surface area contributed by atoms with Crippen LogP contribution >= 0.6 is 0 Å². The molecule has 1 unspecified atom stereocenters. The molecule has 2 aromatic carbocycles. The van der Waals surface area contributed by atoms with Gasteiger partial charge in [-0.15, -0.1) is 0 Å². The molecule has 2 saturated heterocycles. The van der Waals surface area contributed by atoms with Gasteiger partial charge in [-0.25, -0.2) is 8.78 Å². The summed E-state index contributed by atoms with van der Waals surface area (Å²) in [5, 5.41) is 2.32. The van der Waals surface area contributed by atoms with Crippen molar-refractivity contribution in [3.63, 3.8) is 0 Å². The second kappa shape index (κ2) is 8.67. The summed E-state index contributed by atoms with van der Waals surface area (Å²) in [6.07, 6.45) is 2.09. The Bertz CT molecular complexity index is 1130. The van der Waals surface area contributed by atoms with Crippen molar-refractivity contribution < 1.29 is 23.2 Å². The first-order valence-corrected chi connectivity index (χ1v) is 11.3. The van der Waals surface area contributed by atoms with E-state index in [2.05, 4.69) is 10.2 Å². The maximum Gasteiger partial charge on any atom is 0.255 e. The average Bonchev–Trinajstić information content (AvgIpc) is 3.12. The van der Waals surface area contributed by atoms with Crippen LogP contribution in [0.5, 0.6) is 0 Å². The quantitative estimate of drug-likeness (QED) is 0.723. The molecule has 2 fully saturated rings. The van der Waals surface area contributed by atoms with Gasteiger partial charge in [0.1, 0.15) is 6.04 Å². The minimum absolute atomic E-state index is 0.0108. The second-order valence-electron chi connectivity index (χ2n) is 9.08. The fourth-order valence-electron chi connectivity index (χ4n) is 5.22. The summed E-state index contributed by atoms with van der Waals surface area (Å²) < 4.78 is 27.7. The highest BCUT2D eigenvalue weighted by Gasteiger charge is 2.39.